The van der Waals surface area contributed by atoms with Crippen molar-refractivity contribution in [1.29, 1.82) is 0 Å². The molecule has 0 radical (unpaired) electrons. The van der Waals surface area contributed by atoms with Gasteiger partial charge in [0.15, 0.2) is 23.8 Å². The number of rotatable bonds is 21. The Morgan fingerprint density at radius 2 is 0.872 bits per heavy atom. The lowest BCUT2D eigenvalue weighted by Crippen LogP contribution is -2.37. The highest BCUT2D eigenvalue weighted by Crippen LogP contribution is 2.11. The highest BCUT2D eigenvalue weighted by atomic mass is 35.7. The van der Waals surface area contributed by atoms with E-state index in [1.54, 1.807) is 0 Å². The van der Waals surface area contributed by atoms with Crippen LogP contribution in [0.2, 0.25) is 0 Å². The highest BCUT2D eigenvalue weighted by molar-refractivity contribution is 8.20. The Kier molecular flexibility index (Phi) is 29.1. The number of pyridine rings is 2. The molecular weight excluding hydrogens is 516 g/mol. The molecule has 2 aromatic rings. The van der Waals surface area contributed by atoms with E-state index >= 15 is 0 Å². The van der Waals surface area contributed by atoms with E-state index in [0.29, 0.717) is 0 Å². The van der Waals surface area contributed by atoms with E-state index in [2.05, 4.69) is 71.8 Å². The molecule has 2 heterocycles. The second-order valence-electron chi connectivity index (χ2n) is 10.4. The van der Waals surface area contributed by atoms with Crippen molar-refractivity contribution in [2.75, 3.05) is 6.26 Å². The third kappa shape index (κ3) is 21.4. The van der Waals surface area contributed by atoms with Crippen LogP contribution in [0, 0.1) is 0 Å². The van der Waals surface area contributed by atoms with Gasteiger partial charge in [-0.2, -0.15) is 0 Å². The van der Waals surface area contributed by atoms with E-state index in [0.717, 1.165) is 0 Å². The Morgan fingerprint density at radius 3 is 1.21 bits per heavy atom. The van der Waals surface area contributed by atoms with Gasteiger partial charge in [0.05, 0.1) is 0 Å². The van der Waals surface area contributed by atoms with Crippen molar-refractivity contribution >= 4 is 21.7 Å². The molecule has 0 spiro atoms. The maximum Gasteiger partial charge on any atom is 0.181 e. The van der Waals surface area contributed by atoms with E-state index in [-0.39, 0.29) is 0 Å². The third-order valence-electron chi connectivity index (χ3n) is 7.19. The van der Waals surface area contributed by atoms with Gasteiger partial charge in [0, 0.05) is 49.9 Å². The molecule has 4 heteroatoms. The lowest BCUT2D eigenvalue weighted by molar-refractivity contribution is -0.704. The van der Waals surface area contributed by atoms with Crippen LogP contribution in [0.1, 0.15) is 142 Å². The average molecular weight is 579 g/mol. The highest BCUT2D eigenvalue weighted by Gasteiger charge is 2.09. The van der Waals surface area contributed by atoms with Crippen LogP contribution in [0.4, 0.5) is 0 Å². The second-order valence-corrected chi connectivity index (χ2v) is 11.6. The molecule has 0 atom stereocenters. The number of hydrogen-bond acceptors (Lipinski definition) is 1. The largest absolute Gasteiger partial charge is 0.202 e. The minimum atomic E-state index is 1.20. The second kappa shape index (κ2) is 29.9. The summed E-state index contributed by atoms with van der Waals surface area (Å²) in [4.78, 5) is 0. The molecule has 224 valence electrons. The normalized spacial score (nSPS) is 10.4. The van der Waals surface area contributed by atoms with Crippen molar-refractivity contribution < 1.29 is 9.13 Å². The van der Waals surface area contributed by atoms with Crippen LogP contribution in [0.3, 0.4) is 0 Å². The van der Waals surface area contributed by atoms with E-state index in [1.807, 2.05) is 20.1 Å². The van der Waals surface area contributed by atoms with E-state index in [1.165, 1.54) is 151 Å². The summed E-state index contributed by atoms with van der Waals surface area (Å²) in [6, 6.07) is 13.4. The molecule has 0 saturated heterocycles. The lowest BCUT2D eigenvalue weighted by atomic mass is 10.1. The maximum atomic E-state index is 4.92. The summed E-state index contributed by atoms with van der Waals surface area (Å²) in [5, 5.41) is 0. The summed E-state index contributed by atoms with van der Waals surface area (Å²) in [7, 11) is 6.14. The molecule has 0 N–H and O–H groups in total. The standard InChI is InChI=1S/C32H54N2.C2H6.CH3ClS/c1-3-5-15-23-31-25-17-21-29-33(31)27-19-13-11-9-7-8-10-12-14-20-28-34-30-22-18-26-32(34)24-16-6-4-2;1-2;1-3-2/h17-18,21-22,25-26,29-30H,3-16,19-20,23-24,27-28H2,1-2H3;1-2H3;1H3/q+2;;. The molecule has 0 saturated carbocycles. The number of aryl methyl sites for hydroxylation is 4. The summed E-state index contributed by atoms with van der Waals surface area (Å²) in [6.45, 7) is 11.0. The number of nitrogens with zero attached hydrogens (tertiary/aromatic N) is 2. The first-order valence-electron chi connectivity index (χ1n) is 16.4. The molecule has 2 aromatic heterocycles. The average Bonchev–Trinajstić information content (AvgIpc) is 2.97. The molecule has 0 bridgehead atoms. The van der Waals surface area contributed by atoms with Gasteiger partial charge in [0.2, 0.25) is 0 Å². The summed E-state index contributed by atoms with van der Waals surface area (Å²) < 4.78 is 5.00. The van der Waals surface area contributed by atoms with Gasteiger partial charge >= 0.3 is 0 Å². The smallest absolute Gasteiger partial charge is 0.181 e. The van der Waals surface area contributed by atoms with Crippen LogP contribution in [0.25, 0.3) is 0 Å². The topological polar surface area (TPSA) is 7.76 Å². The Labute approximate surface area is 252 Å². The summed E-state index contributed by atoms with van der Waals surface area (Å²) >= 11 is 0. The van der Waals surface area contributed by atoms with Crippen LogP contribution >= 0.6 is 21.7 Å². The fourth-order valence-electron chi connectivity index (χ4n) is 5.00. The Morgan fingerprint density at radius 1 is 0.538 bits per heavy atom. The van der Waals surface area contributed by atoms with Crippen LogP contribution in [-0.2, 0) is 25.9 Å². The number of aromatic nitrogens is 2. The van der Waals surface area contributed by atoms with Crippen LogP contribution in [0.5, 0.6) is 0 Å². The molecule has 0 aliphatic rings. The Hall–Kier alpha value is -1.06. The number of hydrogen-bond donors (Lipinski definition) is 0. The minimum Gasteiger partial charge on any atom is -0.202 e. The zero-order chi connectivity index (χ0) is 28.8. The van der Waals surface area contributed by atoms with Gasteiger partial charge in [-0.15, -0.1) is 0 Å². The molecule has 0 aromatic carbocycles. The molecule has 0 aliphatic carbocycles. The zero-order valence-corrected chi connectivity index (χ0v) is 28.0. The molecule has 39 heavy (non-hydrogen) atoms. The fourth-order valence-corrected chi connectivity index (χ4v) is 5.00. The molecule has 0 unspecified atom stereocenters. The van der Waals surface area contributed by atoms with Crippen LogP contribution in [-0.4, -0.2) is 6.26 Å². The van der Waals surface area contributed by atoms with Crippen molar-refractivity contribution in [1.82, 2.24) is 0 Å². The molecule has 2 rings (SSSR count). The predicted molar refractivity (Wildman–Crippen MR) is 177 cm³/mol. The molecule has 0 amide bonds. The lowest BCUT2D eigenvalue weighted by Gasteiger charge is -2.05. The monoisotopic (exact) mass is 578 g/mol. The quantitative estimate of drug-likeness (QED) is 0.106. The van der Waals surface area contributed by atoms with Gasteiger partial charge in [-0.3, -0.25) is 0 Å². The van der Waals surface area contributed by atoms with E-state index < -0.39 is 0 Å². The first-order chi connectivity index (χ1) is 19.3. The van der Waals surface area contributed by atoms with E-state index in [4.69, 9.17) is 10.7 Å². The van der Waals surface area contributed by atoms with Gasteiger partial charge in [-0.05, 0) is 42.6 Å². The molecular formula is C35H63ClN2S+2. The van der Waals surface area contributed by atoms with Crippen molar-refractivity contribution in [2.45, 2.75) is 156 Å². The van der Waals surface area contributed by atoms with Gasteiger partial charge in [0.1, 0.15) is 13.1 Å². The summed E-state index contributed by atoms with van der Waals surface area (Å²) in [5.74, 6) is 0. The van der Waals surface area contributed by atoms with Gasteiger partial charge in [0.25, 0.3) is 0 Å². The summed E-state index contributed by atoms with van der Waals surface area (Å²) in [6.07, 6.45) is 30.7. The minimum absolute atomic E-state index is 1.20. The SMILES string of the molecule is CC.CCCCCc1cccc[n+]1CCCCCCCCCCCC[n+]1ccccc1CCCCC.CSCl. The fraction of sp³-hybridized carbons (Fsp3) is 0.714. The van der Waals surface area contributed by atoms with Crippen LogP contribution < -0.4 is 9.13 Å². The number of halogens is 1. The van der Waals surface area contributed by atoms with Gasteiger partial charge in [-0.25, -0.2) is 9.13 Å². The molecule has 0 fully saturated rings. The van der Waals surface area contributed by atoms with Crippen molar-refractivity contribution in [3.05, 3.63) is 60.2 Å². The van der Waals surface area contributed by atoms with Crippen molar-refractivity contribution in [3.63, 3.8) is 0 Å². The number of unbranched alkanes of at least 4 members (excludes halogenated alkanes) is 13. The predicted octanol–water partition coefficient (Wildman–Crippen LogP) is 10.9. The van der Waals surface area contributed by atoms with Gasteiger partial charge in [-0.1, -0.05) is 115 Å². The van der Waals surface area contributed by atoms with Gasteiger partial charge < -0.3 is 0 Å². The Balaban J connectivity index is 0.00000269. The van der Waals surface area contributed by atoms with E-state index in [9.17, 15) is 0 Å². The Bertz CT molecular complexity index is 704. The maximum absolute atomic E-state index is 4.92. The molecule has 0 aliphatic heterocycles. The molecule has 2 nitrogen and oxygen atoms in total. The van der Waals surface area contributed by atoms with Crippen molar-refractivity contribution in [3.8, 4) is 0 Å². The first-order valence-corrected chi connectivity index (χ1v) is 18.4. The zero-order valence-electron chi connectivity index (χ0n) is 26.4. The van der Waals surface area contributed by atoms with Crippen molar-refractivity contribution in [2.24, 2.45) is 0 Å². The summed E-state index contributed by atoms with van der Waals surface area (Å²) in [5.41, 5.74) is 3.05. The first kappa shape index (κ1) is 37.9. The van der Waals surface area contributed by atoms with Crippen LogP contribution in [0.15, 0.2) is 48.8 Å². The third-order valence-corrected chi connectivity index (χ3v) is 7.19.